The van der Waals surface area contributed by atoms with Crippen molar-refractivity contribution in [3.05, 3.63) is 66.5 Å². The normalized spacial score (nSPS) is 11.3. The topological polar surface area (TPSA) is 53.0 Å². The van der Waals surface area contributed by atoms with E-state index in [4.69, 9.17) is 5.73 Å². The second-order valence-corrected chi connectivity index (χ2v) is 5.47. The summed E-state index contributed by atoms with van der Waals surface area (Å²) in [5, 5.41) is 2.02. The number of fused-ring (bicyclic) bond motifs is 2. The van der Waals surface area contributed by atoms with E-state index in [1.807, 2.05) is 66.3 Å². The highest BCUT2D eigenvalue weighted by molar-refractivity contribution is 6.05. The summed E-state index contributed by atoms with van der Waals surface area (Å²) >= 11 is 0. The molecule has 4 heteroatoms. The highest BCUT2D eigenvalue weighted by Gasteiger charge is 2.13. The Morgan fingerprint density at radius 3 is 2.73 bits per heavy atom. The molecular formula is C18H15N3O. The molecule has 0 amide bonds. The van der Waals surface area contributed by atoms with E-state index in [0.717, 1.165) is 21.8 Å². The van der Waals surface area contributed by atoms with Crippen LogP contribution in [-0.4, -0.2) is 15.0 Å². The quantitative estimate of drug-likeness (QED) is 0.546. The number of nitrogen functional groups attached to an aromatic ring is 1. The van der Waals surface area contributed by atoms with Crippen molar-refractivity contribution in [2.75, 3.05) is 5.73 Å². The summed E-state index contributed by atoms with van der Waals surface area (Å²) in [5.74, 6) is -0.0521. The minimum Gasteiger partial charge on any atom is -0.398 e. The van der Waals surface area contributed by atoms with Crippen LogP contribution in [0.2, 0.25) is 0 Å². The molecule has 0 aliphatic heterocycles. The zero-order chi connectivity index (χ0) is 15.3. The number of carbonyl (C=O) groups excluding carboxylic acids is 1. The SMILES string of the molecule is Cn1ccc2ccc(C(=O)n3ccc4c(N)cccc43)cc21. The minimum absolute atomic E-state index is 0.0521. The maximum absolute atomic E-state index is 12.8. The van der Waals surface area contributed by atoms with Crippen LogP contribution >= 0.6 is 0 Å². The molecule has 4 aromatic rings. The summed E-state index contributed by atoms with van der Waals surface area (Å²) < 4.78 is 3.66. The number of anilines is 1. The van der Waals surface area contributed by atoms with Crippen LogP contribution in [0.5, 0.6) is 0 Å². The summed E-state index contributed by atoms with van der Waals surface area (Å²) in [7, 11) is 1.97. The highest BCUT2D eigenvalue weighted by atomic mass is 16.2. The molecular weight excluding hydrogens is 274 g/mol. The van der Waals surface area contributed by atoms with Crippen molar-refractivity contribution in [3.63, 3.8) is 0 Å². The lowest BCUT2D eigenvalue weighted by atomic mass is 10.1. The highest BCUT2D eigenvalue weighted by Crippen LogP contribution is 2.24. The molecule has 22 heavy (non-hydrogen) atoms. The molecule has 108 valence electrons. The summed E-state index contributed by atoms with van der Waals surface area (Å²) in [5.41, 5.74) is 9.18. The molecule has 2 heterocycles. The smallest absolute Gasteiger partial charge is 0.262 e. The Morgan fingerprint density at radius 2 is 1.86 bits per heavy atom. The van der Waals surface area contributed by atoms with E-state index in [1.165, 1.54) is 0 Å². The standard InChI is InChI=1S/C18H15N3O/c1-20-9-7-12-5-6-13(11-17(12)20)18(22)21-10-8-14-15(19)3-2-4-16(14)21/h2-11H,19H2,1H3. The van der Waals surface area contributed by atoms with Crippen molar-refractivity contribution in [2.45, 2.75) is 0 Å². The molecule has 2 aromatic carbocycles. The maximum atomic E-state index is 12.8. The van der Waals surface area contributed by atoms with Crippen molar-refractivity contribution >= 4 is 33.4 Å². The molecule has 0 unspecified atom stereocenters. The molecule has 2 N–H and O–H groups in total. The zero-order valence-corrected chi connectivity index (χ0v) is 12.2. The molecule has 0 aliphatic rings. The largest absolute Gasteiger partial charge is 0.398 e. The molecule has 0 saturated heterocycles. The van der Waals surface area contributed by atoms with Crippen molar-refractivity contribution in [1.29, 1.82) is 0 Å². The second-order valence-electron chi connectivity index (χ2n) is 5.47. The molecule has 0 radical (unpaired) electrons. The van der Waals surface area contributed by atoms with Gasteiger partial charge in [-0.2, -0.15) is 0 Å². The Balaban J connectivity index is 1.88. The van der Waals surface area contributed by atoms with Gasteiger partial charge < -0.3 is 10.3 Å². The average Bonchev–Trinajstić information content (AvgIpc) is 3.12. The minimum atomic E-state index is -0.0521. The predicted octanol–water partition coefficient (Wildman–Crippen LogP) is 3.40. The van der Waals surface area contributed by atoms with E-state index in [2.05, 4.69) is 0 Å². The number of hydrogen-bond donors (Lipinski definition) is 1. The first-order chi connectivity index (χ1) is 10.6. The van der Waals surface area contributed by atoms with Gasteiger partial charge in [0, 0.05) is 41.6 Å². The van der Waals surface area contributed by atoms with Gasteiger partial charge in [0.1, 0.15) is 0 Å². The number of aromatic nitrogens is 2. The Labute approximate surface area is 127 Å². The van der Waals surface area contributed by atoms with E-state index < -0.39 is 0 Å². The Hall–Kier alpha value is -3.01. The zero-order valence-electron chi connectivity index (χ0n) is 12.2. The van der Waals surface area contributed by atoms with E-state index >= 15 is 0 Å². The van der Waals surface area contributed by atoms with Gasteiger partial charge in [-0.1, -0.05) is 12.1 Å². The fraction of sp³-hybridized carbons (Fsp3) is 0.0556. The molecule has 0 fully saturated rings. The van der Waals surface area contributed by atoms with E-state index in [9.17, 15) is 4.79 Å². The van der Waals surface area contributed by atoms with Crippen molar-refractivity contribution in [2.24, 2.45) is 7.05 Å². The molecule has 0 saturated carbocycles. The fourth-order valence-electron chi connectivity index (χ4n) is 2.90. The third kappa shape index (κ3) is 1.74. The van der Waals surface area contributed by atoms with Crippen LogP contribution in [0.1, 0.15) is 10.4 Å². The van der Waals surface area contributed by atoms with Crippen molar-refractivity contribution in [1.82, 2.24) is 9.13 Å². The first-order valence-electron chi connectivity index (χ1n) is 7.10. The molecule has 0 atom stereocenters. The third-order valence-electron chi connectivity index (χ3n) is 4.12. The number of nitrogens with zero attached hydrogens (tertiary/aromatic N) is 2. The predicted molar refractivity (Wildman–Crippen MR) is 89.0 cm³/mol. The van der Waals surface area contributed by atoms with Crippen LogP contribution in [0.15, 0.2) is 60.9 Å². The lowest BCUT2D eigenvalue weighted by Crippen LogP contribution is -2.10. The number of benzene rings is 2. The molecule has 4 rings (SSSR count). The van der Waals surface area contributed by atoms with E-state index in [0.29, 0.717) is 11.3 Å². The Morgan fingerprint density at radius 1 is 1.00 bits per heavy atom. The van der Waals surface area contributed by atoms with Crippen LogP contribution in [0.25, 0.3) is 21.8 Å². The van der Waals surface area contributed by atoms with Crippen LogP contribution in [0.4, 0.5) is 5.69 Å². The van der Waals surface area contributed by atoms with Gasteiger partial charge in [-0.15, -0.1) is 0 Å². The van der Waals surface area contributed by atoms with Gasteiger partial charge in [0.05, 0.1) is 5.52 Å². The van der Waals surface area contributed by atoms with Gasteiger partial charge in [0.25, 0.3) is 5.91 Å². The van der Waals surface area contributed by atoms with E-state index in [-0.39, 0.29) is 5.91 Å². The number of rotatable bonds is 1. The lowest BCUT2D eigenvalue weighted by molar-refractivity contribution is 0.0965. The maximum Gasteiger partial charge on any atom is 0.262 e. The van der Waals surface area contributed by atoms with Gasteiger partial charge in [-0.3, -0.25) is 9.36 Å². The molecule has 2 aromatic heterocycles. The lowest BCUT2D eigenvalue weighted by Gasteiger charge is -2.06. The van der Waals surface area contributed by atoms with Gasteiger partial charge >= 0.3 is 0 Å². The number of hydrogen-bond acceptors (Lipinski definition) is 2. The van der Waals surface area contributed by atoms with Crippen LogP contribution < -0.4 is 5.73 Å². The van der Waals surface area contributed by atoms with Crippen molar-refractivity contribution in [3.8, 4) is 0 Å². The first kappa shape index (κ1) is 12.7. The second kappa shape index (κ2) is 4.49. The molecule has 4 nitrogen and oxygen atoms in total. The summed E-state index contributed by atoms with van der Waals surface area (Å²) in [4.78, 5) is 12.8. The Kier molecular flexibility index (Phi) is 2.60. The molecule has 0 bridgehead atoms. The van der Waals surface area contributed by atoms with Crippen molar-refractivity contribution < 1.29 is 4.79 Å². The summed E-state index contributed by atoms with van der Waals surface area (Å²) in [6.45, 7) is 0. The Bertz CT molecular complexity index is 1020. The number of aryl methyl sites for hydroxylation is 1. The van der Waals surface area contributed by atoms with Crippen LogP contribution in [-0.2, 0) is 7.05 Å². The fourth-order valence-corrected chi connectivity index (χ4v) is 2.90. The van der Waals surface area contributed by atoms with Gasteiger partial charge in [0.15, 0.2) is 0 Å². The summed E-state index contributed by atoms with van der Waals surface area (Å²) in [6.07, 6.45) is 3.77. The number of carbonyl (C=O) groups is 1. The van der Waals surface area contributed by atoms with Gasteiger partial charge in [-0.05, 0) is 41.8 Å². The van der Waals surface area contributed by atoms with Crippen LogP contribution in [0, 0.1) is 0 Å². The van der Waals surface area contributed by atoms with E-state index in [1.54, 1.807) is 10.8 Å². The van der Waals surface area contributed by atoms with Gasteiger partial charge in [-0.25, -0.2) is 0 Å². The van der Waals surface area contributed by atoms with Crippen LogP contribution in [0.3, 0.4) is 0 Å². The number of nitrogens with two attached hydrogens (primary N) is 1. The molecule has 0 aliphatic carbocycles. The molecule has 0 spiro atoms. The third-order valence-corrected chi connectivity index (χ3v) is 4.12. The van der Waals surface area contributed by atoms with Gasteiger partial charge in [0.2, 0.25) is 0 Å². The summed E-state index contributed by atoms with van der Waals surface area (Å²) in [6, 6.07) is 15.3. The monoisotopic (exact) mass is 289 g/mol. The average molecular weight is 289 g/mol. The first-order valence-corrected chi connectivity index (χ1v) is 7.10.